The maximum Gasteiger partial charge on any atom is 0.0947 e. The van der Waals surface area contributed by atoms with E-state index in [-0.39, 0.29) is 0 Å². The van der Waals surface area contributed by atoms with Gasteiger partial charge in [-0.25, -0.2) is 0 Å². The van der Waals surface area contributed by atoms with Crippen molar-refractivity contribution in [2.24, 2.45) is 0 Å². The zero-order valence-corrected chi connectivity index (χ0v) is 7.74. The largest absolute Gasteiger partial charge is 0.472 e. The fourth-order valence-electron chi connectivity index (χ4n) is 1.60. The number of rotatable bonds is 2. The van der Waals surface area contributed by atoms with Gasteiger partial charge in [0.05, 0.1) is 19.1 Å². The zero-order valence-electron chi connectivity index (χ0n) is 7.74. The van der Waals surface area contributed by atoms with Crippen molar-refractivity contribution in [3.05, 3.63) is 24.2 Å². The summed E-state index contributed by atoms with van der Waals surface area (Å²) in [6.07, 6.45) is 4.67. The highest BCUT2D eigenvalue weighted by molar-refractivity contribution is 5.04. The number of ether oxygens (including phenoxy) is 1. The third-order valence-corrected chi connectivity index (χ3v) is 2.30. The Morgan fingerprint density at radius 2 is 2.31 bits per heavy atom. The maximum atomic E-state index is 5.38. The molecule has 1 aliphatic heterocycles. The minimum absolute atomic E-state index is 0.859. The first-order chi connectivity index (χ1) is 6.45. The standard InChI is InChI=1S/C10H15NO2/c1-3-11(4-7-12-5-1)8-10-2-6-13-9-10/h2,6,9H,1,3-5,7-8H2. The predicted molar refractivity (Wildman–Crippen MR) is 49.4 cm³/mol. The zero-order chi connectivity index (χ0) is 8.93. The van der Waals surface area contributed by atoms with Crippen LogP contribution in [0.2, 0.25) is 0 Å². The Kier molecular flexibility index (Phi) is 3.00. The Hall–Kier alpha value is -0.800. The maximum absolute atomic E-state index is 5.38. The Morgan fingerprint density at radius 1 is 1.31 bits per heavy atom. The topological polar surface area (TPSA) is 25.6 Å². The Balaban J connectivity index is 1.86. The Morgan fingerprint density at radius 3 is 3.15 bits per heavy atom. The molecule has 2 rings (SSSR count). The van der Waals surface area contributed by atoms with Crippen molar-refractivity contribution in [3.8, 4) is 0 Å². The van der Waals surface area contributed by atoms with Gasteiger partial charge in [-0.15, -0.1) is 0 Å². The molecule has 13 heavy (non-hydrogen) atoms. The fraction of sp³-hybridized carbons (Fsp3) is 0.600. The van der Waals surface area contributed by atoms with Gasteiger partial charge in [-0.2, -0.15) is 0 Å². The molecule has 1 aliphatic rings. The molecule has 3 heteroatoms. The summed E-state index contributed by atoms with van der Waals surface area (Å²) < 4.78 is 10.4. The molecule has 0 unspecified atom stereocenters. The predicted octanol–water partition coefficient (Wildman–Crippen LogP) is 1.50. The second-order valence-corrected chi connectivity index (χ2v) is 3.37. The summed E-state index contributed by atoms with van der Waals surface area (Å²) in [6.45, 7) is 4.91. The van der Waals surface area contributed by atoms with Crippen molar-refractivity contribution in [2.45, 2.75) is 13.0 Å². The molecule has 0 radical (unpaired) electrons. The highest BCUT2D eigenvalue weighted by Crippen LogP contribution is 2.07. The lowest BCUT2D eigenvalue weighted by Gasteiger charge is -2.17. The van der Waals surface area contributed by atoms with Gasteiger partial charge in [0.25, 0.3) is 0 Å². The Bertz CT molecular complexity index is 225. The third-order valence-electron chi connectivity index (χ3n) is 2.30. The van der Waals surface area contributed by atoms with Crippen LogP contribution in [-0.2, 0) is 11.3 Å². The van der Waals surface area contributed by atoms with E-state index in [0.29, 0.717) is 0 Å². The summed E-state index contributed by atoms with van der Waals surface area (Å²) in [7, 11) is 0. The molecule has 0 amide bonds. The number of hydrogen-bond acceptors (Lipinski definition) is 3. The van der Waals surface area contributed by atoms with Gasteiger partial charge in [0.15, 0.2) is 0 Å². The van der Waals surface area contributed by atoms with Gasteiger partial charge in [0, 0.05) is 31.8 Å². The number of nitrogens with zero attached hydrogens (tertiary/aromatic N) is 1. The van der Waals surface area contributed by atoms with E-state index in [2.05, 4.69) is 4.90 Å². The first kappa shape index (κ1) is 8.78. The highest BCUT2D eigenvalue weighted by atomic mass is 16.5. The third kappa shape index (κ3) is 2.57. The lowest BCUT2D eigenvalue weighted by molar-refractivity contribution is 0.140. The van der Waals surface area contributed by atoms with E-state index < -0.39 is 0 Å². The summed E-state index contributed by atoms with van der Waals surface area (Å²) in [5, 5.41) is 0. The van der Waals surface area contributed by atoms with Gasteiger partial charge in [0.1, 0.15) is 0 Å². The van der Waals surface area contributed by atoms with Gasteiger partial charge in [-0.1, -0.05) is 0 Å². The minimum Gasteiger partial charge on any atom is -0.472 e. The molecule has 1 saturated heterocycles. The molecule has 1 fully saturated rings. The molecular formula is C10H15NO2. The molecule has 0 aliphatic carbocycles. The number of furan rings is 1. The van der Waals surface area contributed by atoms with Crippen molar-refractivity contribution in [2.75, 3.05) is 26.3 Å². The van der Waals surface area contributed by atoms with E-state index in [1.165, 1.54) is 5.56 Å². The summed E-state index contributed by atoms with van der Waals surface area (Å²) >= 11 is 0. The van der Waals surface area contributed by atoms with Crippen LogP contribution in [0.3, 0.4) is 0 Å². The smallest absolute Gasteiger partial charge is 0.0947 e. The van der Waals surface area contributed by atoms with Gasteiger partial charge < -0.3 is 9.15 Å². The van der Waals surface area contributed by atoms with Crippen LogP contribution in [0.1, 0.15) is 12.0 Å². The van der Waals surface area contributed by atoms with Crippen LogP contribution in [0.15, 0.2) is 23.0 Å². The summed E-state index contributed by atoms with van der Waals surface area (Å²) in [5.41, 5.74) is 1.25. The van der Waals surface area contributed by atoms with Crippen molar-refractivity contribution < 1.29 is 9.15 Å². The van der Waals surface area contributed by atoms with Crippen LogP contribution in [0, 0.1) is 0 Å². The van der Waals surface area contributed by atoms with E-state index in [1.54, 1.807) is 6.26 Å². The second-order valence-electron chi connectivity index (χ2n) is 3.37. The van der Waals surface area contributed by atoms with Crippen molar-refractivity contribution in [3.63, 3.8) is 0 Å². The van der Waals surface area contributed by atoms with Crippen LogP contribution in [0.5, 0.6) is 0 Å². The normalized spacial score (nSPS) is 20.0. The first-order valence-electron chi connectivity index (χ1n) is 4.76. The fourth-order valence-corrected chi connectivity index (χ4v) is 1.60. The lowest BCUT2D eigenvalue weighted by Crippen LogP contribution is -2.25. The monoisotopic (exact) mass is 181 g/mol. The molecule has 3 nitrogen and oxygen atoms in total. The van der Waals surface area contributed by atoms with Crippen LogP contribution in [-0.4, -0.2) is 31.2 Å². The molecule has 0 atom stereocenters. The van der Waals surface area contributed by atoms with Crippen molar-refractivity contribution >= 4 is 0 Å². The summed E-state index contributed by atoms with van der Waals surface area (Å²) in [6, 6.07) is 2.02. The molecule has 0 spiro atoms. The molecule has 2 heterocycles. The first-order valence-corrected chi connectivity index (χ1v) is 4.76. The number of hydrogen-bond donors (Lipinski definition) is 0. The minimum atomic E-state index is 0.859. The molecule has 0 aromatic carbocycles. The van der Waals surface area contributed by atoms with E-state index in [0.717, 1.165) is 39.3 Å². The van der Waals surface area contributed by atoms with Crippen LogP contribution < -0.4 is 0 Å². The average molecular weight is 181 g/mol. The molecule has 0 N–H and O–H groups in total. The van der Waals surface area contributed by atoms with Crippen LogP contribution >= 0.6 is 0 Å². The average Bonchev–Trinajstić information content (AvgIpc) is 2.49. The summed E-state index contributed by atoms with van der Waals surface area (Å²) in [5.74, 6) is 0. The van der Waals surface area contributed by atoms with Crippen molar-refractivity contribution in [1.82, 2.24) is 4.90 Å². The van der Waals surface area contributed by atoms with Crippen LogP contribution in [0.25, 0.3) is 0 Å². The quantitative estimate of drug-likeness (QED) is 0.691. The van der Waals surface area contributed by atoms with E-state index in [4.69, 9.17) is 9.15 Å². The Labute approximate surface area is 78.3 Å². The van der Waals surface area contributed by atoms with Gasteiger partial charge in [0.2, 0.25) is 0 Å². The lowest BCUT2D eigenvalue weighted by atomic mass is 10.3. The SMILES string of the molecule is c1cc(CN2CCCOCC2)co1. The van der Waals surface area contributed by atoms with Crippen molar-refractivity contribution in [1.29, 1.82) is 0 Å². The van der Waals surface area contributed by atoms with Gasteiger partial charge in [-0.05, 0) is 12.5 Å². The van der Waals surface area contributed by atoms with Crippen LogP contribution in [0.4, 0.5) is 0 Å². The molecule has 0 saturated carbocycles. The second kappa shape index (κ2) is 4.44. The molecule has 72 valence electrons. The molecular weight excluding hydrogens is 166 g/mol. The van der Waals surface area contributed by atoms with E-state index >= 15 is 0 Å². The van der Waals surface area contributed by atoms with Gasteiger partial charge >= 0.3 is 0 Å². The molecule has 1 aromatic rings. The van der Waals surface area contributed by atoms with Gasteiger partial charge in [-0.3, -0.25) is 4.90 Å². The summed E-state index contributed by atoms with van der Waals surface area (Å²) in [4.78, 5) is 2.40. The van der Waals surface area contributed by atoms with E-state index in [9.17, 15) is 0 Å². The van der Waals surface area contributed by atoms with E-state index in [1.807, 2.05) is 12.3 Å². The molecule has 1 aromatic heterocycles. The highest BCUT2D eigenvalue weighted by Gasteiger charge is 2.09. The molecule has 0 bridgehead atoms.